The molecule has 4 aliphatic heterocycles. The predicted molar refractivity (Wildman–Crippen MR) is 324 cm³/mol. The van der Waals surface area contributed by atoms with Crippen molar-refractivity contribution in [3.63, 3.8) is 0 Å². The molecule has 408 valence electrons. The molecule has 0 amide bonds. The Morgan fingerprint density at radius 2 is 0.716 bits per heavy atom. The number of fused-ring (bicyclic) bond motifs is 4. The Morgan fingerprint density at radius 1 is 0.395 bits per heavy atom. The van der Waals surface area contributed by atoms with Gasteiger partial charge in [0.05, 0.1) is 22.5 Å². The molecule has 6 aromatic carbocycles. The first-order valence-electron chi connectivity index (χ1n) is 28.2. The summed E-state index contributed by atoms with van der Waals surface area (Å²) in [5, 5.41) is 0. The van der Waals surface area contributed by atoms with Crippen LogP contribution in [0.5, 0.6) is 0 Å². The lowest BCUT2D eigenvalue weighted by atomic mass is 9.92. The summed E-state index contributed by atoms with van der Waals surface area (Å²) in [5.41, 5.74) is 24.4. The maximum absolute atomic E-state index is 16.9. The minimum absolute atomic E-state index is 0.520. The number of aryl methyl sites for hydroxylation is 2. The number of benzene rings is 6. The summed E-state index contributed by atoms with van der Waals surface area (Å²) >= 11 is 0. The number of hydrogen-bond acceptors (Lipinski definition) is 2. The lowest BCUT2D eigenvalue weighted by Gasteiger charge is -2.28. The molecule has 10 heteroatoms. The first-order chi connectivity index (χ1) is 38.7. The van der Waals surface area contributed by atoms with Gasteiger partial charge in [0.1, 0.15) is 0 Å². The van der Waals surface area contributed by atoms with E-state index in [1.165, 1.54) is 18.3 Å². The van der Waals surface area contributed by atoms with Crippen molar-refractivity contribution in [2.45, 2.75) is 115 Å². The second-order valence-corrected chi connectivity index (χ2v) is 22.4. The summed E-state index contributed by atoms with van der Waals surface area (Å²) < 4.78 is 72.2. The predicted octanol–water partition coefficient (Wildman–Crippen LogP) is 18.7. The van der Waals surface area contributed by atoms with Crippen molar-refractivity contribution < 1.29 is 26.7 Å². The lowest BCUT2D eigenvalue weighted by molar-refractivity contribution is -0.676. The summed E-state index contributed by atoms with van der Waals surface area (Å²) in [6, 6.07) is 50.9. The van der Waals surface area contributed by atoms with Crippen LogP contribution in [-0.2, 0) is 25.2 Å². The second-order valence-electron chi connectivity index (χ2n) is 22.4. The van der Waals surface area contributed by atoms with Crippen LogP contribution in [0.4, 0.5) is 51.7 Å². The zero-order valence-corrected chi connectivity index (χ0v) is 48.5. The van der Waals surface area contributed by atoms with Crippen LogP contribution >= 0.6 is 0 Å². The number of anilines is 6. The molecule has 0 radical (unpaired) electrons. The summed E-state index contributed by atoms with van der Waals surface area (Å²) in [6.07, 6.45) is -3.34. The van der Waals surface area contributed by atoms with Gasteiger partial charge in [-0.15, -0.1) is 26.7 Å². The molecule has 0 unspecified atom stereocenters. The van der Waals surface area contributed by atoms with Crippen LogP contribution in [0.25, 0.3) is 22.3 Å². The van der Waals surface area contributed by atoms with Gasteiger partial charge in [-0.1, -0.05) is 97.8 Å². The first kappa shape index (κ1) is 53.2. The third kappa shape index (κ3) is 8.02. The number of nitrogens with zero attached hydrogens (tertiary/aromatic N) is 6. The maximum atomic E-state index is 16.9. The Balaban J connectivity index is 0.882. The van der Waals surface area contributed by atoms with E-state index in [0.717, 1.165) is 118 Å². The lowest BCUT2D eigenvalue weighted by Crippen LogP contribution is -2.43. The SMILES string of the molecule is CCc1c(C)c2n(c1C)C(F)(F)[N+]1=C(C)C=C(C)C1=C2c1ccc(N(c2ccc(C)cc2)c2ccc(-c3ccc(N(c4ccc(C)cc4)c4ccc(C5=C6C(C)=C(C)C(C)=[N+]6C(F)(F)n6c(C)c(CC)c(C)c65)cc4)cc3)cc2)cc1. The molecule has 0 atom stereocenters. The second kappa shape index (κ2) is 19.4. The fourth-order valence-electron chi connectivity index (χ4n) is 13.5. The zero-order chi connectivity index (χ0) is 57.3. The average molecular weight is 1080 g/mol. The molecule has 0 saturated heterocycles. The van der Waals surface area contributed by atoms with E-state index in [4.69, 9.17) is 0 Å². The van der Waals surface area contributed by atoms with Crippen LogP contribution in [0.1, 0.15) is 116 Å². The van der Waals surface area contributed by atoms with Crippen molar-refractivity contribution in [1.82, 2.24) is 9.13 Å². The molecule has 0 fully saturated rings. The standard InChI is InChI=1S/C71H68F4N6/c1-14-62-47(9)68-64(66-43(5)40-44(6)78(66)70(72,73)80(68)50(62)12)54-24-36-60(37-25-54)76(56-28-16-41(3)17-29-56)58-32-20-52(21-33-58)53-22-34-59(35-23-53)77(57-30-18-42(4)19-31-57)61-38-26-55(27-39-61)65-67-46(8)45(7)49(11)79(67)71(74,75)81-51(13)63(15-2)48(10)69(65)81/h16-40H,14-15H2,1-13H3/q+2. The highest BCUT2D eigenvalue weighted by molar-refractivity contribution is 6.01. The van der Waals surface area contributed by atoms with E-state index in [1.807, 2.05) is 68.4 Å². The van der Waals surface area contributed by atoms with Crippen LogP contribution in [0.15, 0.2) is 180 Å². The summed E-state index contributed by atoms with van der Waals surface area (Å²) in [7, 11) is 0. The van der Waals surface area contributed by atoms with Crippen LogP contribution in [0.2, 0.25) is 0 Å². The van der Waals surface area contributed by atoms with Gasteiger partial charge in [-0.05, 0) is 192 Å². The van der Waals surface area contributed by atoms with Gasteiger partial charge < -0.3 is 9.80 Å². The quantitative estimate of drug-likeness (QED) is 0.0732. The number of rotatable bonds is 11. The summed E-state index contributed by atoms with van der Waals surface area (Å²) in [5.74, 6) is 0. The van der Waals surface area contributed by atoms with Crippen LogP contribution < -0.4 is 9.80 Å². The molecule has 0 bridgehead atoms. The molecule has 2 aromatic heterocycles. The Morgan fingerprint density at radius 3 is 1.07 bits per heavy atom. The molecule has 6 heterocycles. The average Bonchev–Trinajstić information content (AvgIpc) is 4.31. The number of halogens is 4. The molecule has 4 aliphatic rings. The number of alkyl halides is 4. The van der Waals surface area contributed by atoms with Gasteiger partial charge in [0.15, 0.2) is 11.4 Å². The molecule has 6 nitrogen and oxygen atoms in total. The molecular weight excluding hydrogens is 1010 g/mol. The highest BCUT2D eigenvalue weighted by Gasteiger charge is 2.60. The maximum Gasteiger partial charge on any atom is 0.565 e. The Kier molecular flexibility index (Phi) is 12.7. The molecule has 0 N–H and O–H groups in total. The minimum Gasteiger partial charge on any atom is -0.311 e. The van der Waals surface area contributed by atoms with Crippen molar-refractivity contribution in [3.05, 3.63) is 247 Å². The van der Waals surface area contributed by atoms with Gasteiger partial charge in [0, 0.05) is 82.2 Å². The Bertz CT molecular complexity index is 4120. The Hall–Kier alpha value is -8.50. The molecule has 0 spiro atoms. The topological polar surface area (TPSA) is 22.4 Å². The van der Waals surface area contributed by atoms with E-state index in [0.29, 0.717) is 58.4 Å². The highest BCUT2D eigenvalue weighted by Crippen LogP contribution is 2.52. The number of hydrogen-bond donors (Lipinski definition) is 0. The van der Waals surface area contributed by atoms with E-state index < -0.39 is 12.3 Å². The molecule has 0 aliphatic carbocycles. The van der Waals surface area contributed by atoms with Crippen molar-refractivity contribution in [1.29, 1.82) is 0 Å². The van der Waals surface area contributed by atoms with E-state index in [1.54, 1.807) is 13.8 Å². The van der Waals surface area contributed by atoms with Crippen LogP contribution in [0.3, 0.4) is 0 Å². The largest absolute Gasteiger partial charge is 0.565 e. The van der Waals surface area contributed by atoms with E-state index >= 15 is 17.6 Å². The third-order valence-corrected chi connectivity index (χ3v) is 17.7. The van der Waals surface area contributed by atoms with Gasteiger partial charge in [-0.2, -0.15) is 0 Å². The smallest absolute Gasteiger partial charge is 0.311 e. The Labute approximate surface area is 473 Å². The van der Waals surface area contributed by atoms with Gasteiger partial charge in [-0.3, -0.25) is 0 Å². The molecule has 0 saturated carbocycles. The van der Waals surface area contributed by atoms with Gasteiger partial charge >= 0.3 is 12.3 Å². The summed E-state index contributed by atoms with van der Waals surface area (Å²) in [4.78, 5) is 4.47. The highest BCUT2D eigenvalue weighted by atomic mass is 19.3. The molecule has 81 heavy (non-hydrogen) atoms. The van der Waals surface area contributed by atoms with Gasteiger partial charge in [-0.25, -0.2) is 9.13 Å². The number of allylic oxidation sites excluding steroid dienone is 4. The summed E-state index contributed by atoms with van der Waals surface area (Å²) in [6.45, 7) is 25.2. The zero-order valence-electron chi connectivity index (χ0n) is 48.5. The van der Waals surface area contributed by atoms with Crippen LogP contribution in [0, 0.1) is 41.5 Å². The fraction of sp³-hybridized carbons (Fsp3) is 0.239. The van der Waals surface area contributed by atoms with Gasteiger partial charge in [0.25, 0.3) is 0 Å². The van der Waals surface area contributed by atoms with Crippen molar-refractivity contribution >= 4 is 56.7 Å². The van der Waals surface area contributed by atoms with E-state index in [2.05, 4.69) is 169 Å². The number of aromatic nitrogens is 2. The van der Waals surface area contributed by atoms with E-state index in [-0.39, 0.29) is 0 Å². The van der Waals surface area contributed by atoms with Crippen molar-refractivity contribution in [3.8, 4) is 11.1 Å². The van der Waals surface area contributed by atoms with Crippen LogP contribution in [-0.4, -0.2) is 29.7 Å². The normalized spacial score (nSPS) is 16.1. The monoisotopic (exact) mass is 1080 g/mol. The van der Waals surface area contributed by atoms with E-state index in [9.17, 15) is 0 Å². The molecule has 12 rings (SSSR count). The first-order valence-corrected chi connectivity index (χ1v) is 28.2. The molecular formula is C71H68F4N6+2. The molecule has 8 aromatic rings. The van der Waals surface area contributed by atoms with Crippen molar-refractivity contribution in [2.75, 3.05) is 9.80 Å². The van der Waals surface area contributed by atoms with Gasteiger partial charge in [0.2, 0.25) is 11.4 Å². The minimum atomic E-state index is -3.27. The third-order valence-electron chi connectivity index (χ3n) is 17.7. The fourth-order valence-corrected chi connectivity index (χ4v) is 13.5. The van der Waals surface area contributed by atoms with Crippen molar-refractivity contribution in [2.24, 2.45) is 0 Å².